The number of methoxy groups -OCH3 is 2. The molecule has 0 aliphatic rings. The lowest BCUT2D eigenvalue weighted by Crippen LogP contribution is -2.24. The molecule has 1 unspecified atom stereocenters. The van der Waals surface area contributed by atoms with Gasteiger partial charge in [0, 0.05) is 11.5 Å². The predicted molar refractivity (Wildman–Crippen MR) is 113 cm³/mol. The third-order valence-corrected chi connectivity index (χ3v) is 4.45. The molecule has 1 heterocycles. The molecule has 0 aliphatic carbocycles. The van der Waals surface area contributed by atoms with E-state index < -0.39 is 0 Å². The number of benzene rings is 2. The zero-order chi connectivity index (χ0) is 20.8. The van der Waals surface area contributed by atoms with Gasteiger partial charge in [0.2, 0.25) is 5.91 Å². The monoisotopic (exact) mass is 395 g/mol. The Morgan fingerprint density at radius 3 is 2.62 bits per heavy atom. The first-order valence-electron chi connectivity index (χ1n) is 9.41. The van der Waals surface area contributed by atoms with Gasteiger partial charge in [-0.05, 0) is 49.8 Å². The Balaban J connectivity index is 1.70. The van der Waals surface area contributed by atoms with Gasteiger partial charge >= 0.3 is 0 Å². The number of carbonyl (C=O) groups excluding carboxylic acids is 1. The summed E-state index contributed by atoms with van der Waals surface area (Å²) in [6.07, 6.45) is 3.20. The fourth-order valence-electron chi connectivity index (χ4n) is 3.00. The second-order valence-corrected chi connectivity index (χ2v) is 6.43. The van der Waals surface area contributed by atoms with E-state index in [0.29, 0.717) is 35.2 Å². The van der Waals surface area contributed by atoms with Crippen LogP contribution in [0.4, 0.5) is 0 Å². The van der Waals surface area contributed by atoms with Gasteiger partial charge in [-0.25, -0.2) is 0 Å². The van der Waals surface area contributed by atoms with Gasteiger partial charge < -0.3 is 23.9 Å². The zero-order valence-corrected chi connectivity index (χ0v) is 17.0. The molecule has 29 heavy (non-hydrogen) atoms. The lowest BCUT2D eigenvalue weighted by molar-refractivity contribution is -0.117. The fourth-order valence-corrected chi connectivity index (χ4v) is 3.00. The fraction of sp³-hybridized carbons (Fsp3) is 0.261. The van der Waals surface area contributed by atoms with Crippen LogP contribution in [-0.4, -0.2) is 26.7 Å². The number of para-hydroxylation sites is 1. The number of fused-ring (bicyclic) bond motifs is 1. The largest absolute Gasteiger partial charge is 0.493 e. The Morgan fingerprint density at radius 1 is 1.10 bits per heavy atom. The van der Waals surface area contributed by atoms with Crippen LogP contribution in [0.2, 0.25) is 0 Å². The van der Waals surface area contributed by atoms with Crippen LogP contribution in [0.5, 0.6) is 17.2 Å². The number of amides is 1. The van der Waals surface area contributed by atoms with E-state index in [9.17, 15) is 4.79 Å². The van der Waals surface area contributed by atoms with Crippen molar-refractivity contribution in [1.29, 1.82) is 0 Å². The van der Waals surface area contributed by atoms with E-state index in [1.54, 1.807) is 32.4 Å². The Kier molecular flexibility index (Phi) is 6.44. The number of hydrogen-bond acceptors (Lipinski definition) is 5. The number of ether oxygens (including phenoxy) is 3. The molecule has 0 bridgehead atoms. The standard InChI is InChI=1S/C23H25NO5/c1-5-28-19-8-6-7-17-14-20(29-23(17)19)15(2)24-22(25)12-10-16-9-11-18(26-3)21(13-16)27-4/h6-15H,5H2,1-4H3,(H,24,25)/b12-10+. The molecule has 0 spiro atoms. The van der Waals surface area contributed by atoms with E-state index in [4.69, 9.17) is 18.6 Å². The molecule has 152 valence electrons. The van der Waals surface area contributed by atoms with Crippen LogP contribution in [0.15, 0.2) is 53.0 Å². The third-order valence-electron chi connectivity index (χ3n) is 4.45. The molecule has 0 aliphatic heterocycles. The quantitative estimate of drug-likeness (QED) is 0.558. The van der Waals surface area contributed by atoms with Gasteiger partial charge in [0.25, 0.3) is 0 Å². The molecule has 1 atom stereocenters. The van der Waals surface area contributed by atoms with E-state index in [1.807, 2.05) is 44.2 Å². The van der Waals surface area contributed by atoms with Crippen LogP contribution in [0.1, 0.15) is 31.2 Å². The van der Waals surface area contributed by atoms with Crippen molar-refractivity contribution in [3.63, 3.8) is 0 Å². The molecule has 0 radical (unpaired) electrons. The topological polar surface area (TPSA) is 69.9 Å². The minimum Gasteiger partial charge on any atom is -0.493 e. The average molecular weight is 395 g/mol. The summed E-state index contributed by atoms with van der Waals surface area (Å²) >= 11 is 0. The lowest BCUT2D eigenvalue weighted by Gasteiger charge is -2.10. The minimum absolute atomic E-state index is 0.224. The maximum atomic E-state index is 12.3. The molecular formula is C23H25NO5. The van der Waals surface area contributed by atoms with Crippen molar-refractivity contribution in [3.8, 4) is 17.2 Å². The molecule has 6 nitrogen and oxygen atoms in total. The summed E-state index contributed by atoms with van der Waals surface area (Å²) in [5.74, 6) is 2.38. The Morgan fingerprint density at radius 2 is 1.90 bits per heavy atom. The Hall–Kier alpha value is -3.41. The highest BCUT2D eigenvalue weighted by atomic mass is 16.5. The first kappa shape index (κ1) is 20.3. The van der Waals surface area contributed by atoms with Crippen molar-refractivity contribution in [1.82, 2.24) is 5.32 Å². The second kappa shape index (κ2) is 9.19. The summed E-state index contributed by atoms with van der Waals surface area (Å²) in [5.41, 5.74) is 1.52. The van der Waals surface area contributed by atoms with E-state index in [-0.39, 0.29) is 11.9 Å². The normalized spacial score (nSPS) is 12.1. The van der Waals surface area contributed by atoms with Gasteiger partial charge in [0.1, 0.15) is 5.76 Å². The van der Waals surface area contributed by atoms with Crippen molar-refractivity contribution in [2.24, 2.45) is 0 Å². The molecule has 1 aromatic heterocycles. The average Bonchev–Trinajstić information content (AvgIpc) is 3.18. The van der Waals surface area contributed by atoms with E-state index in [1.165, 1.54) is 6.08 Å². The van der Waals surface area contributed by atoms with Crippen LogP contribution in [-0.2, 0) is 4.79 Å². The molecular weight excluding hydrogens is 370 g/mol. The highest BCUT2D eigenvalue weighted by Crippen LogP contribution is 2.31. The summed E-state index contributed by atoms with van der Waals surface area (Å²) < 4.78 is 22.0. The first-order valence-corrected chi connectivity index (χ1v) is 9.41. The predicted octanol–water partition coefficient (Wildman–Crippen LogP) is 4.74. The Bertz CT molecular complexity index is 1020. The van der Waals surface area contributed by atoms with Gasteiger partial charge in [0.05, 0.1) is 26.9 Å². The number of carbonyl (C=O) groups is 1. The van der Waals surface area contributed by atoms with Gasteiger partial charge in [-0.3, -0.25) is 4.79 Å². The number of nitrogens with one attached hydrogen (secondary N) is 1. The Labute approximate surface area is 170 Å². The molecule has 3 rings (SSSR count). The summed E-state index contributed by atoms with van der Waals surface area (Å²) in [4.78, 5) is 12.3. The highest BCUT2D eigenvalue weighted by Gasteiger charge is 2.15. The van der Waals surface area contributed by atoms with Crippen molar-refractivity contribution in [3.05, 3.63) is 59.9 Å². The van der Waals surface area contributed by atoms with Crippen LogP contribution in [0.25, 0.3) is 17.0 Å². The number of furan rings is 1. The summed E-state index contributed by atoms with van der Waals surface area (Å²) in [6.45, 7) is 4.36. The third kappa shape index (κ3) is 4.71. The van der Waals surface area contributed by atoms with Crippen molar-refractivity contribution >= 4 is 23.0 Å². The molecule has 6 heteroatoms. The molecule has 1 N–H and O–H groups in total. The van der Waals surface area contributed by atoms with Gasteiger partial charge in [-0.2, -0.15) is 0 Å². The molecule has 0 fully saturated rings. The van der Waals surface area contributed by atoms with Crippen molar-refractivity contribution in [2.75, 3.05) is 20.8 Å². The van der Waals surface area contributed by atoms with E-state index >= 15 is 0 Å². The van der Waals surface area contributed by atoms with Crippen molar-refractivity contribution in [2.45, 2.75) is 19.9 Å². The summed E-state index contributed by atoms with van der Waals surface area (Å²) in [5, 5.41) is 3.85. The zero-order valence-electron chi connectivity index (χ0n) is 17.0. The summed E-state index contributed by atoms with van der Waals surface area (Å²) in [6, 6.07) is 12.8. The van der Waals surface area contributed by atoms with Crippen LogP contribution >= 0.6 is 0 Å². The van der Waals surface area contributed by atoms with Crippen LogP contribution in [0.3, 0.4) is 0 Å². The van der Waals surface area contributed by atoms with Crippen LogP contribution in [0, 0.1) is 0 Å². The maximum absolute atomic E-state index is 12.3. The maximum Gasteiger partial charge on any atom is 0.244 e. The van der Waals surface area contributed by atoms with Crippen LogP contribution < -0.4 is 19.5 Å². The molecule has 0 saturated heterocycles. The number of hydrogen-bond donors (Lipinski definition) is 1. The van der Waals surface area contributed by atoms with Gasteiger partial charge in [-0.1, -0.05) is 18.2 Å². The molecule has 0 saturated carbocycles. The summed E-state index contributed by atoms with van der Waals surface area (Å²) in [7, 11) is 3.15. The van der Waals surface area contributed by atoms with Gasteiger partial charge in [0.15, 0.2) is 22.8 Å². The van der Waals surface area contributed by atoms with E-state index in [0.717, 1.165) is 10.9 Å². The second-order valence-electron chi connectivity index (χ2n) is 6.43. The molecule has 1 amide bonds. The number of rotatable bonds is 8. The molecule has 2 aromatic carbocycles. The van der Waals surface area contributed by atoms with Crippen molar-refractivity contribution < 1.29 is 23.4 Å². The lowest BCUT2D eigenvalue weighted by atomic mass is 10.1. The smallest absolute Gasteiger partial charge is 0.244 e. The highest BCUT2D eigenvalue weighted by molar-refractivity contribution is 5.92. The van der Waals surface area contributed by atoms with Gasteiger partial charge in [-0.15, -0.1) is 0 Å². The SMILES string of the molecule is CCOc1cccc2cc(C(C)NC(=O)/C=C/c3ccc(OC)c(OC)c3)oc12. The minimum atomic E-state index is -0.292. The van der Waals surface area contributed by atoms with E-state index in [2.05, 4.69) is 5.32 Å². The molecule has 3 aromatic rings. The first-order chi connectivity index (χ1) is 14.0.